The Bertz CT molecular complexity index is 451. The summed E-state index contributed by atoms with van der Waals surface area (Å²) in [5, 5.41) is 19.1. The van der Waals surface area contributed by atoms with E-state index in [-0.39, 0.29) is 12.1 Å². The van der Waals surface area contributed by atoms with Crippen molar-refractivity contribution in [2.75, 3.05) is 0 Å². The maximum absolute atomic E-state index is 10.7. The third-order valence-corrected chi connectivity index (χ3v) is 1.97. The molecule has 0 aliphatic heterocycles. The van der Waals surface area contributed by atoms with Crippen LogP contribution in [0.2, 0.25) is 0 Å². The van der Waals surface area contributed by atoms with Crippen LogP contribution in [0.15, 0.2) is 24.3 Å². The van der Waals surface area contributed by atoms with E-state index in [1.165, 1.54) is 18.2 Å². The molecular formula is C11H11NO4. The van der Waals surface area contributed by atoms with E-state index in [0.29, 0.717) is 5.56 Å². The largest absolute Gasteiger partial charge is 0.481 e. The fourth-order valence-electron chi connectivity index (χ4n) is 1.26. The van der Waals surface area contributed by atoms with E-state index in [0.717, 1.165) is 5.56 Å². The predicted molar refractivity (Wildman–Crippen MR) is 59.1 cm³/mol. The molecular weight excluding hydrogens is 210 g/mol. The quantitative estimate of drug-likeness (QED) is 0.625. The van der Waals surface area contributed by atoms with Gasteiger partial charge in [0.1, 0.15) is 0 Å². The highest BCUT2D eigenvalue weighted by atomic mass is 16.6. The van der Waals surface area contributed by atoms with E-state index in [2.05, 4.69) is 0 Å². The second-order valence-electron chi connectivity index (χ2n) is 3.32. The molecule has 0 atom stereocenters. The standard InChI is InChI=1S/C11H11NO4/c1-8-5-6-10(12(15)16)9(7-8)3-2-4-11(13)14/h2-3,5-7H,4H2,1H3,(H,13,14). The maximum atomic E-state index is 10.7. The van der Waals surface area contributed by atoms with Gasteiger partial charge in [-0.1, -0.05) is 23.8 Å². The number of nitrogens with zero attached hydrogens (tertiary/aromatic N) is 1. The molecule has 1 aromatic rings. The lowest BCUT2D eigenvalue weighted by Crippen LogP contribution is -1.93. The van der Waals surface area contributed by atoms with Crippen LogP contribution in [-0.4, -0.2) is 16.0 Å². The van der Waals surface area contributed by atoms with Crippen LogP contribution in [-0.2, 0) is 4.79 Å². The van der Waals surface area contributed by atoms with Gasteiger partial charge in [0.15, 0.2) is 0 Å². The van der Waals surface area contributed by atoms with Crippen LogP contribution in [0.4, 0.5) is 5.69 Å². The van der Waals surface area contributed by atoms with E-state index < -0.39 is 10.9 Å². The highest BCUT2D eigenvalue weighted by molar-refractivity contribution is 5.71. The molecule has 0 bridgehead atoms. The number of carbonyl (C=O) groups is 1. The summed E-state index contributed by atoms with van der Waals surface area (Å²) < 4.78 is 0. The molecule has 16 heavy (non-hydrogen) atoms. The molecule has 5 nitrogen and oxygen atoms in total. The fraction of sp³-hybridized carbons (Fsp3) is 0.182. The van der Waals surface area contributed by atoms with Gasteiger partial charge < -0.3 is 5.11 Å². The average Bonchev–Trinajstić information content (AvgIpc) is 2.16. The van der Waals surface area contributed by atoms with Crippen molar-refractivity contribution in [2.24, 2.45) is 0 Å². The lowest BCUT2D eigenvalue weighted by atomic mass is 10.1. The molecule has 0 unspecified atom stereocenters. The topological polar surface area (TPSA) is 80.4 Å². The zero-order valence-corrected chi connectivity index (χ0v) is 8.71. The van der Waals surface area contributed by atoms with Gasteiger partial charge in [-0.25, -0.2) is 0 Å². The SMILES string of the molecule is Cc1ccc([N+](=O)[O-])c(C=CCC(=O)O)c1. The van der Waals surface area contributed by atoms with Gasteiger partial charge in [-0.3, -0.25) is 14.9 Å². The minimum absolute atomic E-state index is 0.0211. The van der Waals surface area contributed by atoms with Crippen LogP contribution in [0, 0.1) is 17.0 Å². The van der Waals surface area contributed by atoms with E-state index in [4.69, 9.17) is 5.11 Å². The molecule has 0 saturated carbocycles. The van der Waals surface area contributed by atoms with Crippen molar-refractivity contribution in [3.05, 3.63) is 45.5 Å². The van der Waals surface area contributed by atoms with Gasteiger partial charge in [0.05, 0.1) is 16.9 Å². The van der Waals surface area contributed by atoms with E-state index in [1.54, 1.807) is 12.1 Å². The molecule has 0 saturated heterocycles. The number of benzene rings is 1. The summed E-state index contributed by atoms with van der Waals surface area (Å²) in [5.41, 5.74) is 1.29. The Balaban J connectivity index is 3.01. The number of hydrogen-bond acceptors (Lipinski definition) is 3. The van der Waals surface area contributed by atoms with Crippen LogP contribution in [0.1, 0.15) is 17.5 Å². The normalized spacial score (nSPS) is 10.6. The number of aryl methyl sites for hydroxylation is 1. The summed E-state index contributed by atoms with van der Waals surface area (Å²) in [4.78, 5) is 20.5. The van der Waals surface area contributed by atoms with Gasteiger partial charge in [-0.15, -0.1) is 0 Å². The average molecular weight is 221 g/mol. The van der Waals surface area contributed by atoms with E-state index in [1.807, 2.05) is 6.92 Å². The minimum atomic E-state index is -0.966. The first kappa shape index (κ1) is 11.9. The summed E-state index contributed by atoms with van der Waals surface area (Å²) in [6.45, 7) is 1.82. The van der Waals surface area contributed by atoms with E-state index >= 15 is 0 Å². The Hall–Kier alpha value is -2.17. The Morgan fingerprint density at radius 1 is 1.56 bits per heavy atom. The number of nitro benzene ring substituents is 1. The van der Waals surface area contributed by atoms with Crippen LogP contribution in [0.5, 0.6) is 0 Å². The Labute approximate surface area is 92.2 Å². The molecule has 0 heterocycles. The van der Waals surface area contributed by atoms with Crippen molar-refractivity contribution in [1.29, 1.82) is 0 Å². The van der Waals surface area contributed by atoms with Crippen molar-refractivity contribution >= 4 is 17.7 Å². The van der Waals surface area contributed by atoms with Crippen LogP contribution < -0.4 is 0 Å². The van der Waals surface area contributed by atoms with Crippen molar-refractivity contribution in [3.63, 3.8) is 0 Å². The number of rotatable bonds is 4. The first-order valence-corrected chi connectivity index (χ1v) is 4.64. The zero-order valence-electron chi connectivity index (χ0n) is 8.71. The summed E-state index contributed by atoms with van der Waals surface area (Å²) in [5.74, 6) is -0.966. The highest BCUT2D eigenvalue weighted by Crippen LogP contribution is 2.21. The molecule has 0 spiro atoms. The van der Waals surface area contributed by atoms with Crippen LogP contribution >= 0.6 is 0 Å². The van der Waals surface area contributed by atoms with Gasteiger partial charge in [0, 0.05) is 6.07 Å². The molecule has 0 amide bonds. The molecule has 1 N–H and O–H groups in total. The molecule has 0 aliphatic carbocycles. The maximum Gasteiger partial charge on any atom is 0.307 e. The highest BCUT2D eigenvalue weighted by Gasteiger charge is 2.10. The molecule has 84 valence electrons. The first-order chi connectivity index (χ1) is 7.50. The third kappa shape index (κ3) is 3.20. The van der Waals surface area contributed by atoms with Crippen LogP contribution in [0.3, 0.4) is 0 Å². The Morgan fingerprint density at radius 3 is 2.81 bits per heavy atom. The summed E-state index contributed by atoms with van der Waals surface area (Å²) in [6.07, 6.45) is 2.70. The Kier molecular flexibility index (Phi) is 3.77. The van der Waals surface area contributed by atoms with Crippen molar-refractivity contribution in [3.8, 4) is 0 Å². The van der Waals surface area contributed by atoms with Gasteiger partial charge in [-0.05, 0) is 13.0 Å². The van der Waals surface area contributed by atoms with Gasteiger partial charge in [0.2, 0.25) is 0 Å². The summed E-state index contributed by atoms with van der Waals surface area (Å²) in [6, 6.07) is 4.71. The molecule has 1 aromatic carbocycles. The summed E-state index contributed by atoms with van der Waals surface area (Å²) in [7, 11) is 0. The second-order valence-corrected chi connectivity index (χ2v) is 3.32. The molecule has 0 radical (unpaired) electrons. The van der Waals surface area contributed by atoms with Gasteiger partial charge >= 0.3 is 5.97 Å². The molecule has 0 fully saturated rings. The minimum Gasteiger partial charge on any atom is -0.481 e. The first-order valence-electron chi connectivity index (χ1n) is 4.64. The number of carboxylic acid groups (broad SMARTS) is 1. The zero-order chi connectivity index (χ0) is 12.1. The molecule has 1 rings (SSSR count). The second kappa shape index (κ2) is 5.06. The number of carboxylic acids is 1. The number of aliphatic carboxylic acids is 1. The van der Waals surface area contributed by atoms with Crippen LogP contribution in [0.25, 0.3) is 6.08 Å². The smallest absolute Gasteiger partial charge is 0.307 e. The Morgan fingerprint density at radius 2 is 2.25 bits per heavy atom. The molecule has 0 aliphatic rings. The summed E-state index contributed by atoms with van der Waals surface area (Å²) >= 11 is 0. The lowest BCUT2D eigenvalue weighted by molar-refractivity contribution is -0.385. The predicted octanol–water partition coefficient (Wildman–Crippen LogP) is 2.39. The monoisotopic (exact) mass is 221 g/mol. The third-order valence-electron chi connectivity index (χ3n) is 1.97. The fourth-order valence-corrected chi connectivity index (χ4v) is 1.26. The number of nitro groups is 1. The number of hydrogen-bond donors (Lipinski definition) is 1. The van der Waals surface area contributed by atoms with Crippen molar-refractivity contribution < 1.29 is 14.8 Å². The molecule has 5 heteroatoms. The van der Waals surface area contributed by atoms with Crippen molar-refractivity contribution in [2.45, 2.75) is 13.3 Å². The van der Waals surface area contributed by atoms with E-state index in [9.17, 15) is 14.9 Å². The van der Waals surface area contributed by atoms with Gasteiger partial charge in [0.25, 0.3) is 5.69 Å². The van der Waals surface area contributed by atoms with Crippen molar-refractivity contribution in [1.82, 2.24) is 0 Å². The van der Waals surface area contributed by atoms with Gasteiger partial charge in [-0.2, -0.15) is 0 Å². The molecule has 0 aromatic heterocycles. The lowest BCUT2D eigenvalue weighted by Gasteiger charge is -1.98.